The maximum atomic E-state index is 11.2. The lowest BCUT2D eigenvalue weighted by atomic mass is 10.1. The van der Waals surface area contributed by atoms with Crippen LogP contribution in [0.5, 0.6) is 0 Å². The number of esters is 1. The van der Waals surface area contributed by atoms with E-state index in [1.54, 1.807) is 0 Å². The fourth-order valence-electron chi connectivity index (χ4n) is 1.53. The van der Waals surface area contributed by atoms with Crippen LogP contribution in [0.3, 0.4) is 0 Å². The lowest BCUT2D eigenvalue weighted by Gasteiger charge is -2.17. The van der Waals surface area contributed by atoms with E-state index in [1.165, 1.54) is 12.7 Å². The predicted molar refractivity (Wildman–Crippen MR) is 71.7 cm³/mol. The third-order valence-electron chi connectivity index (χ3n) is 2.68. The number of nitrogens with one attached hydrogen (secondary N) is 1. The van der Waals surface area contributed by atoms with Crippen LogP contribution in [0.2, 0.25) is 0 Å². The first-order chi connectivity index (χ1) is 8.04. The van der Waals surface area contributed by atoms with E-state index < -0.39 is 0 Å². The van der Waals surface area contributed by atoms with Crippen molar-refractivity contribution in [2.75, 3.05) is 13.7 Å². The van der Waals surface area contributed by atoms with E-state index in [0.29, 0.717) is 6.54 Å². The number of carbonyl (C=O) groups is 1. The van der Waals surface area contributed by atoms with Crippen molar-refractivity contribution in [2.24, 2.45) is 5.92 Å². The molecule has 1 rings (SSSR count). The summed E-state index contributed by atoms with van der Waals surface area (Å²) >= 11 is 3.44. The van der Waals surface area contributed by atoms with Crippen LogP contribution >= 0.6 is 15.9 Å². The van der Waals surface area contributed by atoms with Crippen molar-refractivity contribution in [2.45, 2.75) is 19.9 Å². The maximum Gasteiger partial charge on any atom is 0.309 e. The Kier molecular flexibility index (Phi) is 5.65. The van der Waals surface area contributed by atoms with Gasteiger partial charge in [0.05, 0.1) is 13.0 Å². The Morgan fingerprint density at radius 2 is 2.18 bits per heavy atom. The molecule has 1 N–H and O–H groups in total. The van der Waals surface area contributed by atoms with Crippen LogP contribution in [0.4, 0.5) is 0 Å². The highest BCUT2D eigenvalue weighted by Gasteiger charge is 2.14. The summed E-state index contributed by atoms with van der Waals surface area (Å²) in [5.74, 6) is -0.312. The molecule has 0 bridgehead atoms. The summed E-state index contributed by atoms with van der Waals surface area (Å²) in [5.41, 5.74) is 1.19. The first kappa shape index (κ1) is 14.2. The second-order valence-electron chi connectivity index (χ2n) is 4.11. The monoisotopic (exact) mass is 299 g/mol. The van der Waals surface area contributed by atoms with Crippen molar-refractivity contribution < 1.29 is 9.53 Å². The second kappa shape index (κ2) is 6.77. The molecule has 94 valence electrons. The number of benzene rings is 1. The van der Waals surface area contributed by atoms with E-state index in [1.807, 2.05) is 19.1 Å². The number of ether oxygens (including phenoxy) is 1. The minimum atomic E-state index is -0.182. The fourth-order valence-corrected chi connectivity index (χ4v) is 1.95. The Hall–Kier alpha value is -0.870. The third-order valence-corrected chi connectivity index (χ3v) is 3.18. The molecule has 3 nitrogen and oxygen atoms in total. The van der Waals surface area contributed by atoms with E-state index in [-0.39, 0.29) is 17.9 Å². The number of methoxy groups -OCH3 is 1. The van der Waals surface area contributed by atoms with E-state index in [9.17, 15) is 4.79 Å². The van der Waals surface area contributed by atoms with Gasteiger partial charge in [0.25, 0.3) is 0 Å². The topological polar surface area (TPSA) is 38.3 Å². The second-order valence-corrected chi connectivity index (χ2v) is 5.02. The Balaban J connectivity index is 2.50. The van der Waals surface area contributed by atoms with Crippen molar-refractivity contribution in [3.8, 4) is 0 Å². The first-order valence-corrected chi connectivity index (χ1v) is 6.40. The zero-order valence-corrected chi connectivity index (χ0v) is 12.0. The quantitative estimate of drug-likeness (QED) is 0.850. The van der Waals surface area contributed by atoms with Gasteiger partial charge in [0, 0.05) is 17.1 Å². The highest BCUT2D eigenvalue weighted by atomic mass is 79.9. The Bertz CT molecular complexity index is 381. The van der Waals surface area contributed by atoms with Crippen molar-refractivity contribution in [1.82, 2.24) is 5.32 Å². The van der Waals surface area contributed by atoms with E-state index in [4.69, 9.17) is 0 Å². The molecule has 0 radical (unpaired) electrons. The Morgan fingerprint density at radius 1 is 1.47 bits per heavy atom. The van der Waals surface area contributed by atoms with Gasteiger partial charge in [-0.05, 0) is 24.6 Å². The highest BCUT2D eigenvalue weighted by molar-refractivity contribution is 9.10. The number of hydrogen-bond donors (Lipinski definition) is 1. The van der Waals surface area contributed by atoms with Gasteiger partial charge in [-0.1, -0.05) is 35.0 Å². The molecule has 0 aliphatic rings. The smallest absolute Gasteiger partial charge is 0.309 e. The van der Waals surface area contributed by atoms with Crippen LogP contribution in [-0.2, 0) is 9.53 Å². The van der Waals surface area contributed by atoms with Gasteiger partial charge < -0.3 is 10.1 Å². The van der Waals surface area contributed by atoms with Gasteiger partial charge in [-0.3, -0.25) is 4.79 Å². The van der Waals surface area contributed by atoms with Gasteiger partial charge in [-0.2, -0.15) is 0 Å². The molecule has 0 spiro atoms. The maximum absolute atomic E-state index is 11.2. The van der Waals surface area contributed by atoms with Crippen LogP contribution in [0.1, 0.15) is 25.5 Å². The zero-order valence-electron chi connectivity index (χ0n) is 10.4. The van der Waals surface area contributed by atoms with Gasteiger partial charge in [-0.25, -0.2) is 0 Å². The van der Waals surface area contributed by atoms with Crippen molar-refractivity contribution >= 4 is 21.9 Å². The average molecular weight is 300 g/mol. The van der Waals surface area contributed by atoms with Crippen molar-refractivity contribution in [3.63, 3.8) is 0 Å². The van der Waals surface area contributed by atoms with Gasteiger partial charge >= 0.3 is 5.97 Å². The average Bonchev–Trinajstić information content (AvgIpc) is 2.34. The predicted octanol–water partition coefficient (Wildman–Crippen LogP) is 2.91. The lowest BCUT2D eigenvalue weighted by Crippen LogP contribution is -2.29. The van der Waals surface area contributed by atoms with Gasteiger partial charge in [0.1, 0.15) is 0 Å². The molecule has 2 atom stereocenters. The minimum absolute atomic E-state index is 0.130. The number of hydrogen-bond acceptors (Lipinski definition) is 3. The van der Waals surface area contributed by atoms with E-state index >= 15 is 0 Å². The summed E-state index contributed by atoms with van der Waals surface area (Å²) in [6.45, 7) is 4.54. The summed E-state index contributed by atoms with van der Waals surface area (Å²) in [6, 6.07) is 8.33. The molecule has 17 heavy (non-hydrogen) atoms. The van der Waals surface area contributed by atoms with Crippen LogP contribution in [0, 0.1) is 5.92 Å². The Labute approximate surface area is 111 Å². The van der Waals surface area contributed by atoms with E-state index in [2.05, 4.69) is 45.0 Å². The van der Waals surface area contributed by atoms with Crippen LogP contribution in [-0.4, -0.2) is 19.6 Å². The first-order valence-electron chi connectivity index (χ1n) is 5.61. The molecule has 1 aromatic carbocycles. The summed E-state index contributed by atoms with van der Waals surface area (Å²) in [6.07, 6.45) is 0. The summed E-state index contributed by atoms with van der Waals surface area (Å²) in [5, 5.41) is 3.32. The van der Waals surface area contributed by atoms with Gasteiger partial charge in [-0.15, -0.1) is 0 Å². The molecule has 1 unspecified atom stereocenters. The molecular formula is C13H18BrNO2. The summed E-state index contributed by atoms with van der Waals surface area (Å²) in [4.78, 5) is 11.2. The number of rotatable bonds is 5. The van der Waals surface area contributed by atoms with Gasteiger partial charge in [0.15, 0.2) is 0 Å². The molecule has 4 heteroatoms. The van der Waals surface area contributed by atoms with Crippen LogP contribution in [0.25, 0.3) is 0 Å². The summed E-state index contributed by atoms with van der Waals surface area (Å²) in [7, 11) is 1.41. The van der Waals surface area contributed by atoms with Crippen LogP contribution < -0.4 is 5.32 Å². The molecule has 0 aliphatic carbocycles. The molecule has 0 aliphatic heterocycles. The third kappa shape index (κ3) is 4.48. The highest BCUT2D eigenvalue weighted by Crippen LogP contribution is 2.17. The Morgan fingerprint density at radius 3 is 2.76 bits per heavy atom. The van der Waals surface area contributed by atoms with Crippen molar-refractivity contribution in [3.05, 3.63) is 34.3 Å². The molecule has 1 aromatic rings. The lowest BCUT2D eigenvalue weighted by molar-refractivity contribution is -0.144. The minimum Gasteiger partial charge on any atom is -0.469 e. The molecule has 0 saturated heterocycles. The molecule has 0 saturated carbocycles. The fraction of sp³-hybridized carbons (Fsp3) is 0.462. The molecule has 0 fully saturated rings. The normalized spacial score (nSPS) is 14.1. The summed E-state index contributed by atoms with van der Waals surface area (Å²) < 4.78 is 5.74. The number of halogens is 1. The largest absolute Gasteiger partial charge is 0.469 e. The standard InChI is InChI=1S/C13H18BrNO2/c1-9(13(16)17-3)8-15-10(2)11-5-4-6-12(14)7-11/h4-7,9-10,15H,8H2,1-3H3/t9?,10-/m0/s1. The van der Waals surface area contributed by atoms with E-state index in [0.717, 1.165) is 4.47 Å². The zero-order chi connectivity index (χ0) is 12.8. The molecule has 0 heterocycles. The molecular weight excluding hydrogens is 282 g/mol. The SMILES string of the molecule is COC(=O)C(C)CN[C@@H](C)c1cccc(Br)c1. The van der Waals surface area contributed by atoms with Gasteiger partial charge in [0.2, 0.25) is 0 Å². The number of carbonyl (C=O) groups excluding carboxylic acids is 1. The molecule has 0 amide bonds. The van der Waals surface area contributed by atoms with Crippen LogP contribution in [0.15, 0.2) is 28.7 Å². The molecule has 0 aromatic heterocycles. The van der Waals surface area contributed by atoms with Crippen molar-refractivity contribution in [1.29, 1.82) is 0 Å².